The van der Waals surface area contributed by atoms with Gasteiger partial charge in [0.1, 0.15) is 5.58 Å². The molecular formula is C16H13NO4. The summed E-state index contributed by atoms with van der Waals surface area (Å²) in [5, 5.41) is 11.3. The Morgan fingerprint density at radius 2 is 1.86 bits per heavy atom. The molecule has 1 heterocycles. The van der Waals surface area contributed by atoms with Crippen LogP contribution < -0.4 is 10.5 Å². The van der Waals surface area contributed by atoms with E-state index in [0.717, 1.165) is 10.8 Å². The summed E-state index contributed by atoms with van der Waals surface area (Å²) in [4.78, 5) is 24.3. The SMILES string of the molecule is CCN(C(=O)O)c1ccc2c(c1)oc(=O)c1ccccc12. The topological polar surface area (TPSA) is 70.8 Å². The molecule has 0 saturated heterocycles. The Morgan fingerprint density at radius 1 is 1.14 bits per heavy atom. The fourth-order valence-electron chi connectivity index (χ4n) is 2.46. The van der Waals surface area contributed by atoms with Crippen LogP contribution >= 0.6 is 0 Å². The van der Waals surface area contributed by atoms with E-state index in [0.29, 0.717) is 23.2 Å². The molecule has 0 saturated carbocycles. The molecule has 0 radical (unpaired) electrons. The van der Waals surface area contributed by atoms with Gasteiger partial charge in [0.2, 0.25) is 0 Å². The molecular weight excluding hydrogens is 270 g/mol. The van der Waals surface area contributed by atoms with Gasteiger partial charge in [-0.1, -0.05) is 18.2 Å². The minimum atomic E-state index is -1.04. The molecule has 5 nitrogen and oxygen atoms in total. The molecule has 0 fully saturated rings. The van der Waals surface area contributed by atoms with Crippen LogP contribution in [0.1, 0.15) is 6.92 Å². The minimum Gasteiger partial charge on any atom is -0.465 e. The van der Waals surface area contributed by atoms with Crippen molar-refractivity contribution in [1.29, 1.82) is 0 Å². The van der Waals surface area contributed by atoms with Crippen molar-refractivity contribution in [1.82, 2.24) is 0 Å². The number of anilines is 1. The van der Waals surface area contributed by atoms with Crippen LogP contribution in [0.2, 0.25) is 0 Å². The van der Waals surface area contributed by atoms with E-state index in [4.69, 9.17) is 9.52 Å². The number of hydrogen-bond acceptors (Lipinski definition) is 3. The number of carboxylic acid groups (broad SMARTS) is 1. The summed E-state index contributed by atoms with van der Waals surface area (Å²) in [6, 6.07) is 12.3. The molecule has 2 aromatic carbocycles. The number of hydrogen-bond donors (Lipinski definition) is 1. The normalized spacial score (nSPS) is 10.9. The number of fused-ring (bicyclic) bond motifs is 3. The molecule has 0 aliphatic carbocycles. The average Bonchev–Trinajstić information content (AvgIpc) is 2.48. The molecule has 3 aromatic rings. The molecule has 5 heteroatoms. The number of carbonyl (C=O) groups is 1. The van der Waals surface area contributed by atoms with Gasteiger partial charge in [-0.15, -0.1) is 0 Å². The van der Waals surface area contributed by atoms with Crippen LogP contribution in [0.4, 0.5) is 10.5 Å². The van der Waals surface area contributed by atoms with Crippen molar-refractivity contribution in [2.75, 3.05) is 11.4 Å². The highest BCUT2D eigenvalue weighted by atomic mass is 16.4. The Labute approximate surface area is 120 Å². The fraction of sp³-hybridized carbons (Fsp3) is 0.125. The largest absolute Gasteiger partial charge is 0.465 e. The predicted molar refractivity (Wildman–Crippen MR) is 81.0 cm³/mol. The van der Waals surface area contributed by atoms with E-state index in [1.165, 1.54) is 4.90 Å². The van der Waals surface area contributed by atoms with Gasteiger partial charge in [0.05, 0.1) is 11.1 Å². The van der Waals surface area contributed by atoms with E-state index in [2.05, 4.69) is 0 Å². The first-order chi connectivity index (χ1) is 10.1. The summed E-state index contributed by atoms with van der Waals surface area (Å²) < 4.78 is 5.31. The monoisotopic (exact) mass is 283 g/mol. The quantitative estimate of drug-likeness (QED) is 0.577. The highest BCUT2D eigenvalue weighted by Crippen LogP contribution is 2.26. The maximum atomic E-state index is 12.0. The molecule has 1 amide bonds. The van der Waals surface area contributed by atoms with Crippen molar-refractivity contribution in [2.24, 2.45) is 0 Å². The van der Waals surface area contributed by atoms with Crippen LogP contribution in [-0.2, 0) is 0 Å². The van der Waals surface area contributed by atoms with Gasteiger partial charge in [-0.2, -0.15) is 0 Å². The van der Waals surface area contributed by atoms with Crippen LogP contribution in [0.5, 0.6) is 0 Å². The lowest BCUT2D eigenvalue weighted by atomic mass is 10.1. The first kappa shape index (κ1) is 13.2. The summed E-state index contributed by atoms with van der Waals surface area (Å²) in [6.07, 6.45) is -1.04. The lowest BCUT2D eigenvalue weighted by Crippen LogP contribution is -2.28. The third-order valence-electron chi connectivity index (χ3n) is 3.46. The molecule has 1 aromatic heterocycles. The van der Waals surface area contributed by atoms with Crippen LogP contribution in [-0.4, -0.2) is 17.7 Å². The van der Waals surface area contributed by atoms with Gasteiger partial charge in [-0.05, 0) is 30.5 Å². The van der Waals surface area contributed by atoms with E-state index in [1.54, 1.807) is 37.3 Å². The van der Waals surface area contributed by atoms with Crippen LogP contribution in [0, 0.1) is 0 Å². The smallest absolute Gasteiger partial charge is 0.411 e. The van der Waals surface area contributed by atoms with E-state index < -0.39 is 11.7 Å². The fourth-order valence-corrected chi connectivity index (χ4v) is 2.46. The second-order valence-electron chi connectivity index (χ2n) is 4.64. The summed E-state index contributed by atoms with van der Waals surface area (Å²) in [5.74, 6) is 0. The van der Waals surface area contributed by atoms with E-state index >= 15 is 0 Å². The molecule has 3 rings (SSSR count). The van der Waals surface area contributed by atoms with E-state index in [1.807, 2.05) is 12.1 Å². The maximum absolute atomic E-state index is 12.0. The van der Waals surface area contributed by atoms with E-state index in [-0.39, 0.29) is 0 Å². The Bertz CT molecular complexity index is 898. The maximum Gasteiger partial charge on any atom is 0.411 e. The molecule has 21 heavy (non-hydrogen) atoms. The minimum absolute atomic E-state index is 0.318. The number of nitrogens with zero attached hydrogens (tertiary/aromatic N) is 1. The Balaban J connectivity index is 2.30. The first-order valence-corrected chi connectivity index (χ1v) is 6.58. The second kappa shape index (κ2) is 4.94. The number of amides is 1. The summed E-state index contributed by atoms with van der Waals surface area (Å²) in [5.41, 5.74) is 0.445. The van der Waals surface area contributed by atoms with Crippen LogP contribution in [0.3, 0.4) is 0 Å². The standard InChI is InChI=1S/C16H13NO4/c1-2-17(16(19)20)10-7-8-12-11-5-3-4-6-13(11)15(18)21-14(12)9-10/h3-9H,2H2,1H3,(H,19,20). The van der Waals surface area contributed by atoms with Crippen LogP contribution in [0.25, 0.3) is 21.7 Å². The molecule has 0 aliphatic rings. The van der Waals surface area contributed by atoms with E-state index in [9.17, 15) is 9.59 Å². The number of benzene rings is 2. The van der Waals surface area contributed by atoms with Gasteiger partial charge in [0.15, 0.2) is 0 Å². The van der Waals surface area contributed by atoms with Gasteiger partial charge < -0.3 is 9.52 Å². The highest BCUT2D eigenvalue weighted by molar-refractivity contribution is 6.05. The Morgan fingerprint density at radius 3 is 2.52 bits per heavy atom. The van der Waals surface area contributed by atoms with Crippen LogP contribution in [0.15, 0.2) is 51.7 Å². The zero-order valence-electron chi connectivity index (χ0n) is 11.4. The molecule has 0 unspecified atom stereocenters. The molecule has 0 spiro atoms. The zero-order chi connectivity index (χ0) is 15.0. The van der Waals surface area contributed by atoms with Crippen molar-refractivity contribution in [3.8, 4) is 0 Å². The highest BCUT2D eigenvalue weighted by Gasteiger charge is 2.14. The summed E-state index contributed by atoms with van der Waals surface area (Å²) in [6.45, 7) is 2.06. The Hall–Kier alpha value is -2.82. The molecule has 0 bridgehead atoms. The summed E-state index contributed by atoms with van der Waals surface area (Å²) in [7, 11) is 0. The third kappa shape index (κ3) is 2.12. The van der Waals surface area contributed by atoms with Crippen molar-refractivity contribution < 1.29 is 14.3 Å². The number of rotatable bonds is 2. The van der Waals surface area contributed by atoms with Gasteiger partial charge in [-0.25, -0.2) is 9.59 Å². The Kier molecular flexibility index (Phi) is 3.10. The molecule has 106 valence electrons. The van der Waals surface area contributed by atoms with Crippen molar-refractivity contribution >= 4 is 33.5 Å². The van der Waals surface area contributed by atoms with Crippen molar-refractivity contribution in [3.05, 3.63) is 52.9 Å². The van der Waals surface area contributed by atoms with Gasteiger partial charge in [0.25, 0.3) is 0 Å². The zero-order valence-corrected chi connectivity index (χ0v) is 11.4. The second-order valence-corrected chi connectivity index (χ2v) is 4.64. The molecule has 1 N–H and O–H groups in total. The van der Waals surface area contributed by atoms with Gasteiger partial charge >= 0.3 is 11.7 Å². The van der Waals surface area contributed by atoms with Gasteiger partial charge in [0, 0.05) is 18.0 Å². The van der Waals surface area contributed by atoms with Crippen molar-refractivity contribution in [2.45, 2.75) is 6.92 Å². The third-order valence-corrected chi connectivity index (χ3v) is 3.46. The summed E-state index contributed by atoms with van der Waals surface area (Å²) >= 11 is 0. The van der Waals surface area contributed by atoms with Crippen molar-refractivity contribution in [3.63, 3.8) is 0 Å². The first-order valence-electron chi connectivity index (χ1n) is 6.58. The lowest BCUT2D eigenvalue weighted by molar-refractivity contribution is 0.202. The molecule has 0 aliphatic heterocycles. The van der Waals surface area contributed by atoms with Gasteiger partial charge in [-0.3, -0.25) is 4.90 Å². The molecule has 0 atom stereocenters. The lowest BCUT2D eigenvalue weighted by Gasteiger charge is -2.17. The predicted octanol–water partition coefficient (Wildman–Crippen LogP) is 3.45. The average molecular weight is 283 g/mol.